The molecular weight excluding hydrogens is 207 g/mol. The third-order valence-corrected chi connectivity index (χ3v) is 2.32. The number of anilines is 1. The zero-order valence-electron chi connectivity index (χ0n) is 9.18. The predicted octanol–water partition coefficient (Wildman–Crippen LogP) is 2.11. The maximum absolute atomic E-state index is 13.7. The van der Waals surface area contributed by atoms with Crippen molar-refractivity contribution in [3.05, 3.63) is 36.2 Å². The maximum Gasteiger partial charge on any atom is 0.149 e. The first-order valence-electron chi connectivity index (χ1n) is 5.05. The lowest BCUT2D eigenvalue weighted by molar-refractivity contribution is 0.612. The topological polar surface area (TPSA) is 56.7 Å². The summed E-state index contributed by atoms with van der Waals surface area (Å²) < 4.78 is 15.3. The molecule has 2 aromatic rings. The number of hydrogen-bond donors (Lipinski definition) is 1. The number of hydrogen-bond acceptors (Lipinski definition) is 3. The average molecular weight is 220 g/mol. The molecule has 0 bridgehead atoms. The van der Waals surface area contributed by atoms with Gasteiger partial charge in [0.15, 0.2) is 0 Å². The molecule has 0 unspecified atom stereocenters. The number of nitrogens with two attached hydrogens (primary N) is 1. The van der Waals surface area contributed by atoms with E-state index >= 15 is 0 Å². The molecule has 2 N–H and O–H groups in total. The van der Waals surface area contributed by atoms with E-state index in [2.05, 4.69) is 10.2 Å². The highest BCUT2D eigenvalue weighted by molar-refractivity contribution is 5.46. The number of aromatic nitrogens is 3. The van der Waals surface area contributed by atoms with Gasteiger partial charge in [0.1, 0.15) is 18.0 Å². The van der Waals surface area contributed by atoms with Crippen LogP contribution < -0.4 is 5.73 Å². The quantitative estimate of drug-likeness (QED) is 0.788. The average Bonchev–Trinajstić information content (AvgIpc) is 2.66. The molecule has 0 saturated carbocycles. The molecule has 16 heavy (non-hydrogen) atoms. The van der Waals surface area contributed by atoms with Crippen molar-refractivity contribution >= 4 is 5.69 Å². The molecule has 0 spiro atoms. The second-order valence-electron chi connectivity index (χ2n) is 3.92. The summed E-state index contributed by atoms with van der Waals surface area (Å²) in [7, 11) is 0. The first-order chi connectivity index (χ1) is 7.59. The third-order valence-electron chi connectivity index (χ3n) is 2.32. The highest BCUT2D eigenvalue weighted by Gasteiger charge is 2.13. The summed E-state index contributed by atoms with van der Waals surface area (Å²) in [6, 6.07) is 4.57. The Morgan fingerprint density at radius 3 is 2.75 bits per heavy atom. The smallest absolute Gasteiger partial charge is 0.149 e. The Morgan fingerprint density at radius 2 is 2.12 bits per heavy atom. The van der Waals surface area contributed by atoms with Gasteiger partial charge in [-0.15, -0.1) is 10.2 Å². The van der Waals surface area contributed by atoms with Crippen molar-refractivity contribution in [3.8, 4) is 5.69 Å². The number of nitrogen functional groups attached to an aromatic ring is 1. The molecule has 0 saturated heterocycles. The molecule has 0 radical (unpaired) electrons. The monoisotopic (exact) mass is 220 g/mol. The molecule has 0 aliphatic carbocycles. The Bertz CT molecular complexity index is 504. The van der Waals surface area contributed by atoms with E-state index < -0.39 is 0 Å². The van der Waals surface area contributed by atoms with Crippen LogP contribution in [0.3, 0.4) is 0 Å². The van der Waals surface area contributed by atoms with Gasteiger partial charge in [0.05, 0.1) is 5.69 Å². The van der Waals surface area contributed by atoms with Crippen LogP contribution in [0.25, 0.3) is 5.69 Å². The Kier molecular flexibility index (Phi) is 2.60. The molecule has 0 fully saturated rings. The highest BCUT2D eigenvalue weighted by Crippen LogP contribution is 2.20. The molecule has 1 aromatic carbocycles. The molecular formula is C11H13FN4. The number of benzene rings is 1. The van der Waals surface area contributed by atoms with Gasteiger partial charge in [-0.25, -0.2) is 4.39 Å². The fraction of sp³-hybridized carbons (Fsp3) is 0.273. The van der Waals surface area contributed by atoms with Crippen LogP contribution >= 0.6 is 0 Å². The largest absolute Gasteiger partial charge is 0.399 e. The molecule has 4 nitrogen and oxygen atoms in total. The van der Waals surface area contributed by atoms with E-state index in [0.717, 1.165) is 5.82 Å². The van der Waals surface area contributed by atoms with E-state index in [1.54, 1.807) is 16.7 Å². The Balaban J connectivity index is 2.54. The van der Waals surface area contributed by atoms with E-state index in [0.29, 0.717) is 11.4 Å². The second kappa shape index (κ2) is 3.92. The van der Waals surface area contributed by atoms with E-state index in [1.807, 2.05) is 13.8 Å². The van der Waals surface area contributed by atoms with Gasteiger partial charge in [-0.05, 0) is 18.2 Å². The summed E-state index contributed by atoms with van der Waals surface area (Å²) in [4.78, 5) is 0. The second-order valence-corrected chi connectivity index (χ2v) is 3.92. The van der Waals surface area contributed by atoms with Gasteiger partial charge in [0.2, 0.25) is 0 Å². The van der Waals surface area contributed by atoms with Crippen LogP contribution in [0.1, 0.15) is 25.6 Å². The molecule has 5 heteroatoms. The zero-order chi connectivity index (χ0) is 11.7. The number of halogens is 1. The lowest BCUT2D eigenvalue weighted by Crippen LogP contribution is -2.04. The van der Waals surface area contributed by atoms with Crippen LogP contribution in [0, 0.1) is 5.82 Å². The molecule has 0 aliphatic heterocycles. The van der Waals surface area contributed by atoms with E-state index in [-0.39, 0.29) is 11.7 Å². The van der Waals surface area contributed by atoms with Crippen molar-refractivity contribution in [2.75, 3.05) is 5.73 Å². The van der Waals surface area contributed by atoms with Crippen molar-refractivity contribution in [2.45, 2.75) is 19.8 Å². The van der Waals surface area contributed by atoms with Crippen LogP contribution in [0.2, 0.25) is 0 Å². The summed E-state index contributed by atoms with van der Waals surface area (Å²) in [5.74, 6) is 0.532. The molecule has 84 valence electrons. The normalized spacial score (nSPS) is 11.0. The summed E-state index contributed by atoms with van der Waals surface area (Å²) in [5, 5.41) is 7.77. The molecule has 0 atom stereocenters. The fourth-order valence-corrected chi connectivity index (χ4v) is 1.54. The standard InChI is InChI=1S/C11H13FN4/c1-7(2)11-15-14-6-16(11)10-4-3-8(13)5-9(10)12/h3-7H,13H2,1-2H3. The molecule has 0 aliphatic rings. The SMILES string of the molecule is CC(C)c1nncn1-c1ccc(N)cc1F. The van der Waals surface area contributed by atoms with Crippen molar-refractivity contribution in [3.63, 3.8) is 0 Å². The van der Waals surface area contributed by atoms with Gasteiger partial charge >= 0.3 is 0 Å². The first-order valence-corrected chi connectivity index (χ1v) is 5.05. The summed E-state index contributed by atoms with van der Waals surface area (Å²) in [5.41, 5.74) is 6.32. The lowest BCUT2D eigenvalue weighted by atomic mass is 10.2. The number of nitrogens with zero attached hydrogens (tertiary/aromatic N) is 3. The Labute approximate surface area is 92.9 Å². The van der Waals surface area contributed by atoms with Gasteiger partial charge in [0.25, 0.3) is 0 Å². The number of rotatable bonds is 2. The highest BCUT2D eigenvalue weighted by atomic mass is 19.1. The maximum atomic E-state index is 13.7. The predicted molar refractivity (Wildman–Crippen MR) is 59.8 cm³/mol. The zero-order valence-corrected chi connectivity index (χ0v) is 9.18. The van der Waals surface area contributed by atoms with Crippen LogP contribution in [-0.4, -0.2) is 14.8 Å². The fourth-order valence-electron chi connectivity index (χ4n) is 1.54. The summed E-state index contributed by atoms with van der Waals surface area (Å²) in [6.07, 6.45) is 1.50. The van der Waals surface area contributed by atoms with Gasteiger partial charge < -0.3 is 5.73 Å². The molecule has 0 amide bonds. The lowest BCUT2D eigenvalue weighted by Gasteiger charge is -2.09. The van der Waals surface area contributed by atoms with Crippen LogP contribution in [0.5, 0.6) is 0 Å². The van der Waals surface area contributed by atoms with Crippen LogP contribution in [0.15, 0.2) is 24.5 Å². The van der Waals surface area contributed by atoms with Crippen molar-refractivity contribution in [1.82, 2.24) is 14.8 Å². The van der Waals surface area contributed by atoms with E-state index in [9.17, 15) is 4.39 Å². The Morgan fingerprint density at radius 1 is 1.38 bits per heavy atom. The van der Waals surface area contributed by atoms with Crippen LogP contribution in [-0.2, 0) is 0 Å². The summed E-state index contributed by atoms with van der Waals surface area (Å²) >= 11 is 0. The summed E-state index contributed by atoms with van der Waals surface area (Å²) in [6.45, 7) is 3.96. The molecule has 2 rings (SSSR count). The van der Waals surface area contributed by atoms with Crippen LogP contribution in [0.4, 0.5) is 10.1 Å². The molecule has 1 aromatic heterocycles. The Hall–Kier alpha value is -1.91. The third kappa shape index (κ3) is 1.76. The minimum atomic E-state index is -0.373. The van der Waals surface area contributed by atoms with Gasteiger partial charge in [-0.2, -0.15) is 0 Å². The van der Waals surface area contributed by atoms with Gasteiger partial charge in [-0.3, -0.25) is 4.57 Å². The minimum Gasteiger partial charge on any atom is -0.399 e. The van der Waals surface area contributed by atoms with Gasteiger partial charge in [0, 0.05) is 11.6 Å². The first kappa shape index (κ1) is 10.6. The van der Waals surface area contributed by atoms with Crippen molar-refractivity contribution in [1.29, 1.82) is 0 Å². The van der Waals surface area contributed by atoms with Crippen molar-refractivity contribution < 1.29 is 4.39 Å². The van der Waals surface area contributed by atoms with E-state index in [1.165, 1.54) is 12.4 Å². The minimum absolute atomic E-state index is 0.180. The van der Waals surface area contributed by atoms with Crippen molar-refractivity contribution in [2.24, 2.45) is 0 Å². The van der Waals surface area contributed by atoms with E-state index in [4.69, 9.17) is 5.73 Å². The molecule has 1 heterocycles. The van der Waals surface area contributed by atoms with Gasteiger partial charge in [-0.1, -0.05) is 13.8 Å².